The molecule has 4 aromatic rings. The van der Waals surface area contributed by atoms with Crippen molar-refractivity contribution >= 4 is 22.3 Å². The summed E-state index contributed by atoms with van der Waals surface area (Å²) in [6, 6.07) is 15.4. The molecule has 0 atom stereocenters. The van der Waals surface area contributed by atoms with E-state index in [0.29, 0.717) is 0 Å². The second-order valence-electron chi connectivity index (χ2n) is 5.60. The summed E-state index contributed by atoms with van der Waals surface area (Å²) < 4.78 is 5.26. The number of allylic oxidation sites excluding steroid dienone is 1. The summed E-state index contributed by atoms with van der Waals surface area (Å²) >= 11 is 0. The topological polar surface area (TPSA) is 128 Å². The number of nitrogens with one attached hydrogen (secondary N) is 3. The third-order valence-corrected chi connectivity index (χ3v) is 3.91. The number of aromatic nitrogens is 6. The number of fused-ring (bicyclic) bond motifs is 1. The molecule has 0 saturated carbocycles. The predicted octanol–water partition coefficient (Wildman–Crippen LogP) is 2.73. The summed E-state index contributed by atoms with van der Waals surface area (Å²) in [7, 11) is 1.63. The zero-order valence-corrected chi connectivity index (χ0v) is 14.3. The lowest BCUT2D eigenvalue weighted by Crippen LogP contribution is -1.92. The van der Waals surface area contributed by atoms with E-state index in [-0.39, 0.29) is 11.4 Å². The Labute approximate surface area is 153 Å². The Morgan fingerprint density at radius 3 is 2.96 bits per heavy atom. The van der Waals surface area contributed by atoms with Crippen molar-refractivity contribution in [3.05, 3.63) is 54.5 Å². The molecule has 0 radical (unpaired) electrons. The van der Waals surface area contributed by atoms with E-state index in [1.54, 1.807) is 7.11 Å². The standard InChI is InChI=1S/C18H14N8O/c1-27-14-4-2-3-11(7-14)17-21-15-6-5-13(8-16(15)22-17)20-10-12(9-19)18-23-25-26-24-18/h2-8,10,20H,1H3,(H,21,22)(H,23,24,25,26). The SMILES string of the molecule is COc1cccc(-c2nc3ccc(NC=C(C#N)c4nn[nH]n4)cc3[nH]2)c1. The predicted molar refractivity (Wildman–Crippen MR) is 99.5 cm³/mol. The molecule has 0 aliphatic rings. The van der Waals surface area contributed by atoms with E-state index in [1.165, 1.54) is 6.20 Å². The van der Waals surface area contributed by atoms with Gasteiger partial charge in [-0.05, 0) is 35.5 Å². The van der Waals surface area contributed by atoms with Crippen LogP contribution >= 0.6 is 0 Å². The smallest absolute Gasteiger partial charge is 0.216 e. The highest BCUT2D eigenvalue weighted by molar-refractivity contribution is 5.83. The van der Waals surface area contributed by atoms with Crippen LogP contribution in [-0.4, -0.2) is 37.7 Å². The third-order valence-electron chi connectivity index (χ3n) is 3.91. The molecule has 0 bridgehead atoms. The monoisotopic (exact) mass is 358 g/mol. The fourth-order valence-electron chi connectivity index (χ4n) is 2.58. The average Bonchev–Trinajstić information content (AvgIpc) is 3.38. The zero-order valence-electron chi connectivity index (χ0n) is 14.3. The van der Waals surface area contributed by atoms with Crippen LogP contribution in [0.15, 0.2) is 48.7 Å². The van der Waals surface area contributed by atoms with Gasteiger partial charge in [0.05, 0.1) is 18.1 Å². The van der Waals surface area contributed by atoms with Gasteiger partial charge in [-0.1, -0.05) is 12.1 Å². The first-order chi connectivity index (χ1) is 13.3. The Morgan fingerprint density at radius 1 is 1.26 bits per heavy atom. The third kappa shape index (κ3) is 3.32. The van der Waals surface area contributed by atoms with Crippen molar-refractivity contribution in [3.63, 3.8) is 0 Å². The maximum atomic E-state index is 9.21. The molecule has 0 aliphatic heterocycles. The number of hydrogen-bond acceptors (Lipinski definition) is 7. The summed E-state index contributed by atoms with van der Waals surface area (Å²) in [5, 5.41) is 25.6. The number of nitriles is 1. The molecule has 3 N–H and O–H groups in total. The van der Waals surface area contributed by atoms with Crippen molar-refractivity contribution < 1.29 is 4.74 Å². The lowest BCUT2D eigenvalue weighted by atomic mass is 10.2. The molecule has 4 rings (SSSR count). The molecular formula is C18H14N8O. The Balaban J connectivity index is 1.62. The quantitative estimate of drug-likeness (QED) is 0.468. The van der Waals surface area contributed by atoms with E-state index < -0.39 is 0 Å². The molecule has 0 aliphatic carbocycles. The molecule has 0 fully saturated rings. The maximum absolute atomic E-state index is 9.21. The fraction of sp³-hybridized carbons (Fsp3) is 0.0556. The largest absolute Gasteiger partial charge is 0.497 e. The van der Waals surface area contributed by atoms with Crippen molar-refractivity contribution in [2.45, 2.75) is 0 Å². The Hall–Kier alpha value is -4.19. The van der Waals surface area contributed by atoms with Crippen molar-refractivity contribution in [3.8, 4) is 23.2 Å². The number of imidazole rings is 1. The van der Waals surface area contributed by atoms with Crippen LogP contribution in [0.4, 0.5) is 5.69 Å². The molecule has 0 amide bonds. The molecule has 0 unspecified atom stereocenters. The lowest BCUT2D eigenvalue weighted by Gasteiger charge is -2.01. The number of rotatable bonds is 5. The number of aromatic amines is 2. The molecule has 0 saturated heterocycles. The van der Waals surface area contributed by atoms with Crippen LogP contribution in [-0.2, 0) is 0 Å². The number of methoxy groups -OCH3 is 1. The zero-order chi connectivity index (χ0) is 18.6. The van der Waals surface area contributed by atoms with Gasteiger partial charge in [0.15, 0.2) is 0 Å². The van der Waals surface area contributed by atoms with E-state index in [9.17, 15) is 5.26 Å². The molecular weight excluding hydrogens is 344 g/mol. The first-order valence-electron chi connectivity index (χ1n) is 8.01. The number of ether oxygens (including phenoxy) is 1. The van der Waals surface area contributed by atoms with Gasteiger partial charge in [-0.3, -0.25) is 0 Å². The highest BCUT2D eigenvalue weighted by Gasteiger charge is 2.08. The van der Waals surface area contributed by atoms with Gasteiger partial charge in [-0.2, -0.15) is 10.5 Å². The van der Waals surface area contributed by atoms with E-state index >= 15 is 0 Å². The Kier molecular flexibility index (Phi) is 4.20. The van der Waals surface area contributed by atoms with E-state index in [1.807, 2.05) is 48.5 Å². The molecule has 132 valence electrons. The summed E-state index contributed by atoms with van der Waals surface area (Å²) in [6.45, 7) is 0. The van der Waals surface area contributed by atoms with Crippen LogP contribution in [0.2, 0.25) is 0 Å². The first kappa shape index (κ1) is 16.3. The van der Waals surface area contributed by atoms with Crippen LogP contribution in [0, 0.1) is 11.3 Å². The van der Waals surface area contributed by atoms with Gasteiger partial charge in [-0.15, -0.1) is 10.2 Å². The minimum atomic E-state index is 0.230. The van der Waals surface area contributed by atoms with E-state index in [2.05, 4.69) is 35.9 Å². The highest BCUT2D eigenvalue weighted by Crippen LogP contribution is 2.25. The van der Waals surface area contributed by atoms with Gasteiger partial charge in [0.1, 0.15) is 23.2 Å². The van der Waals surface area contributed by atoms with Crippen LogP contribution in [0.25, 0.3) is 28.0 Å². The molecule has 2 aromatic heterocycles. The number of hydrogen-bond donors (Lipinski definition) is 3. The summed E-state index contributed by atoms with van der Waals surface area (Å²) in [5.74, 6) is 1.75. The number of tetrazole rings is 1. The number of anilines is 1. The van der Waals surface area contributed by atoms with Gasteiger partial charge in [0, 0.05) is 17.5 Å². The van der Waals surface area contributed by atoms with E-state index in [0.717, 1.165) is 33.9 Å². The fourth-order valence-corrected chi connectivity index (χ4v) is 2.58. The second-order valence-corrected chi connectivity index (χ2v) is 5.60. The van der Waals surface area contributed by atoms with Crippen LogP contribution in [0.3, 0.4) is 0 Å². The number of benzene rings is 2. The summed E-state index contributed by atoms with van der Waals surface area (Å²) in [5.41, 5.74) is 3.69. The van der Waals surface area contributed by atoms with Crippen molar-refractivity contribution in [2.75, 3.05) is 12.4 Å². The van der Waals surface area contributed by atoms with Gasteiger partial charge >= 0.3 is 0 Å². The van der Waals surface area contributed by atoms with Gasteiger partial charge in [0.2, 0.25) is 5.82 Å². The van der Waals surface area contributed by atoms with Crippen LogP contribution in [0.1, 0.15) is 5.82 Å². The van der Waals surface area contributed by atoms with Crippen molar-refractivity contribution in [1.29, 1.82) is 5.26 Å². The minimum absolute atomic E-state index is 0.230. The second kappa shape index (κ2) is 6.97. The van der Waals surface area contributed by atoms with Crippen LogP contribution < -0.4 is 10.1 Å². The van der Waals surface area contributed by atoms with Crippen molar-refractivity contribution in [1.82, 2.24) is 30.6 Å². The molecule has 27 heavy (non-hydrogen) atoms. The Morgan fingerprint density at radius 2 is 2.19 bits per heavy atom. The molecule has 0 spiro atoms. The Bertz CT molecular complexity index is 1150. The van der Waals surface area contributed by atoms with Gasteiger partial charge in [-0.25, -0.2) is 4.98 Å². The maximum Gasteiger partial charge on any atom is 0.216 e. The van der Waals surface area contributed by atoms with Gasteiger partial charge in [0.25, 0.3) is 0 Å². The number of nitrogens with zero attached hydrogens (tertiary/aromatic N) is 5. The van der Waals surface area contributed by atoms with E-state index in [4.69, 9.17) is 4.74 Å². The summed E-state index contributed by atoms with van der Waals surface area (Å²) in [6.07, 6.45) is 1.53. The van der Waals surface area contributed by atoms with Gasteiger partial charge < -0.3 is 15.0 Å². The summed E-state index contributed by atoms with van der Waals surface area (Å²) in [4.78, 5) is 7.91. The molecule has 2 aromatic carbocycles. The first-order valence-corrected chi connectivity index (χ1v) is 8.01. The molecule has 9 nitrogen and oxygen atoms in total. The highest BCUT2D eigenvalue weighted by atomic mass is 16.5. The molecule has 2 heterocycles. The number of H-pyrrole nitrogens is 2. The lowest BCUT2D eigenvalue weighted by molar-refractivity contribution is 0.415. The van der Waals surface area contributed by atoms with Crippen molar-refractivity contribution in [2.24, 2.45) is 0 Å². The van der Waals surface area contributed by atoms with Crippen LogP contribution in [0.5, 0.6) is 5.75 Å². The normalized spacial score (nSPS) is 11.3. The molecule has 9 heteroatoms. The minimum Gasteiger partial charge on any atom is -0.497 e. The average molecular weight is 358 g/mol.